The molecule has 4 heteroatoms. The van der Waals surface area contributed by atoms with Crippen LogP contribution in [0.25, 0.3) is 0 Å². The van der Waals surface area contributed by atoms with Crippen LogP contribution in [-0.4, -0.2) is 30.2 Å². The number of rotatable bonds is 4. The van der Waals surface area contributed by atoms with Crippen LogP contribution < -0.4 is 4.74 Å². The highest BCUT2D eigenvalue weighted by molar-refractivity contribution is 5.79. The van der Waals surface area contributed by atoms with Gasteiger partial charge in [0.2, 0.25) is 0 Å². The average molecular weight is 196 g/mol. The van der Waals surface area contributed by atoms with Crippen molar-refractivity contribution in [2.24, 2.45) is 0 Å². The number of hydrogen-bond donors (Lipinski definition) is 2. The Kier molecular flexibility index (Phi) is 3.48. The molecule has 0 heterocycles. The molecule has 0 amide bonds. The van der Waals surface area contributed by atoms with Gasteiger partial charge in [-0.1, -0.05) is 0 Å². The summed E-state index contributed by atoms with van der Waals surface area (Å²) in [7, 11) is 1.41. The quantitative estimate of drug-likeness (QED) is 0.697. The van der Waals surface area contributed by atoms with E-state index in [-0.39, 0.29) is 18.1 Å². The Morgan fingerprint density at radius 1 is 1.50 bits per heavy atom. The van der Waals surface area contributed by atoms with Crippen LogP contribution in [0.2, 0.25) is 0 Å². The molecule has 0 unspecified atom stereocenters. The molecule has 0 atom stereocenters. The van der Waals surface area contributed by atoms with Crippen molar-refractivity contribution in [2.75, 3.05) is 13.7 Å². The SMILES string of the molecule is COc1cc(C=O)c(CCO)cc1O. The van der Waals surface area contributed by atoms with Crippen LogP contribution >= 0.6 is 0 Å². The third kappa shape index (κ3) is 2.03. The van der Waals surface area contributed by atoms with Gasteiger partial charge in [0, 0.05) is 12.2 Å². The summed E-state index contributed by atoms with van der Waals surface area (Å²) < 4.78 is 4.85. The molecule has 0 aliphatic carbocycles. The van der Waals surface area contributed by atoms with E-state index in [1.165, 1.54) is 19.2 Å². The molecule has 14 heavy (non-hydrogen) atoms. The Morgan fingerprint density at radius 2 is 2.21 bits per heavy atom. The van der Waals surface area contributed by atoms with E-state index in [0.29, 0.717) is 23.8 Å². The van der Waals surface area contributed by atoms with Gasteiger partial charge >= 0.3 is 0 Å². The second-order valence-electron chi connectivity index (χ2n) is 2.81. The van der Waals surface area contributed by atoms with E-state index in [2.05, 4.69) is 0 Å². The fraction of sp³-hybridized carbons (Fsp3) is 0.300. The lowest BCUT2D eigenvalue weighted by atomic mass is 10.0. The standard InChI is InChI=1S/C10H12O4/c1-14-10-5-8(6-12)7(2-3-11)4-9(10)13/h4-6,11,13H,2-3H2,1H3. The molecule has 0 spiro atoms. The minimum Gasteiger partial charge on any atom is -0.504 e. The second kappa shape index (κ2) is 4.62. The number of carbonyl (C=O) groups excluding carboxylic acids is 1. The van der Waals surface area contributed by atoms with Crippen molar-refractivity contribution in [1.29, 1.82) is 0 Å². The summed E-state index contributed by atoms with van der Waals surface area (Å²) in [6.07, 6.45) is 1.01. The van der Waals surface area contributed by atoms with Crippen molar-refractivity contribution in [2.45, 2.75) is 6.42 Å². The molecule has 4 nitrogen and oxygen atoms in total. The van der Waals surface area contributed by atoms with Crippen molar-refractivity contribution in [3.63, 3.8) is 0 Å². The van der Waals surface area contributed by atoms with Crippen LogP contribution in [0, 0.1) is 0 Å². The van der Waals surface area contributed by atoms with Gasteiger partial charge < -0.3 is 14.9 Å². The van der Waals surface area contributed by atoms with Crippen molar-refractivity contribution in [3.05, 3.63) is 23.3 Å². The molecule has 0 fully saturated rings. The Bertz CT molecular complexity index is 333. The summed E-state index contributed by atoms with van der Waals surface area (Å²) in [5, 5.41) is 18.1. The highest BCUT2D eigenvalue weighted by atomic mass is 16.5. The first-order valence-corrected chi connectivity index (χ1v) is 4.18. The molecule has 1 aromatic carbocycles. The zero-order valence-electron chi connectivity index (χ0n) is 7.86. The number of aliphatic hydroxyl groups excluding tert-OH is 1. The molecule has 0 aliphatic heterocycles. The summed E-state index contributed by atoms with van der Waals surface area (Å²) in [6.45, 7) is -0.0629. The number of aromatic hydroxyl groups is 1. The van der Waals surface area contributed by atoms with Gasteiger partial charge in [0.25, 0.3) is 0 Å². The summed E-state index contributed by atoms with van der Waals surface area (Å²) >= 11 is 0. The van der Waals surface area contributed by atoms with Gasteiger partial charge in [-0.3, -0.25) is 4.79 Å². The Balaban J connectivity index is 3.16. The van der Waals surface area contributed by atoms with E-state index in [1.54, 1.807) is 0 Å². The molecule has 1 rings (SSSR count). The lowest BCUT2D eigenvalue weighted by Gasteiger charge is -2.08. The fourth-order valence-electron chi connectivity index (χ4n) is 1.24. The lowest BCUT2D eigenvalue weighted by molar-refractivity contribution is 0.112. The molecule has 0 bridgehead atoms. The highest BCUT2D eigenvalue weighted by Gasteiger charge is 2.08. The number of ether oxygens (including phenoxy) is 1. The first-order chi connectivity index (χ1) is 6.72. The molecule has 76 valence electrons. The predicted octanol–water partition coefficient (Wildman–Crippen LogP) is 0.748. The molecule has 0 saturated carbocycles. The van der Waals surface area contributed by atoms with Crippen LogP contribution in [0.4, 0.5) is 0 Å². The number of hydrogen-bond acceptors (Lipinski definition) is 4. The number of aliphatic hydroxyl groups is 1. The van der Waals surface area contributed by atoms with Gasteiger partial charge in [-0.15, -0.1) is 0 Å². The first-order valence-electron chi connectivity index (χ1n) is 4.18. The van der Waals surface area contributed by atoms with Gasteiger partial charge in [0.1, 0.15) is 6.29 Å². The Labute approximate surface area is 81.8 Å². The van der Waals surface area contributed by atoms with E-state index in [1.807, 2.05) is 0 Å². The molecule has 2 N–H and O–H groups in total. The Hall–Kier alpha value is -1.55. The first kappa shape index (κ1) is 10.5. The summed E-state index contributed by atoms with van der Waals surface area (Å²) in [5.74, 6) is 0.232. The smallest absolute Gasteiger partial charge is 0.161 e. The van der Waals surface area contributed by atoms with Crippen LogP contribution in [0.1, 0.15) is 15.9 Å². The van der Waals surface area contributed by atoms with E-state index in [4.69, 9.17) is 9.84 Å². The number of carbonyl (C=O) groups is 1. The van der Waals surface area contributed by atoms with Gasteiger partial charge in [0.15, 0.2) is 11.5 Å². The lowest BCUT2D eigenvalue weighted by Crippen LogP contribution is -1.98. The van der Waals surface area contributed by atoms with Crippen molar-refractivity contribution >= 4 is 6.29 Å². The highest BCUT2D eigenvalue weighted by Crippen LogP contribution is 2.28. The zero-order valence-corrected chi connectivity index (χ0v) is 7.86. The topological polar surface area (TPSA) is 66.8 Å². The maximum atomic E-state index is 10.7. The third-order valence-electron chi connectivity index (χ3n) is 1.95. The van der Waals surface area contributed by atoms with E-state index in [9.17, 15) is 9.90 Å². The number of aldehydes is 1. The summed E-state index contributed by atoms with van der Waals surface area (Å²) in [4.78, 5) is 10.7. The zero-order chi connectivity index (χ0) is 10.6. The number of phenols is 1. The molecule has 1 aromatic rings. The van der Waals surface area contributed by atoms with Gasteiger partial charge in [-0.05, 0) is 24.1 Å². The van der Waals surface area contributed by atoms with Crippen LogP contribution in [0.15, 0.2) is 12.1 Å². The minimum absolute atomic E-state index is 0.0263. The molecule has 0 radical (unpaired) electrons. The summed E-state index contributed by atoms with van der Waals surface area (Å²) in [5.41, 5.74) is 1.04. The van der Waals surface area contributed by atoms with Crippen LogP contribution in [0.3, 0.4) is 0 Å². The number of benzene rings is 1. The third-order valence-corrected chi connectivity index (χ3v) is 1.95. The molecule has 0 saturated heterocycles. The van der Waals surface area contributed by atoms with E-state index < -0.39 is 0 Å². The predicted molar refractivity (Wildman–Crippen MR) is 50.8 cm³/mol. The van der Waals surface area contributed by atoms with Crippen LogP contribution in [-0.2, 0) is 6.42 Å². The molecular formula is C10H12O4. The number of methoxy groups -OCH3 is 1. The molecule has 0 aliphatic rings. The van der Waals surface area contributed by atoms with Crippen molar-refractivity contribution < 1.29 is 19.7 Å². The minimum atomic E-state index is -0.0629. The largest absolute Gasteiger partial charge is 0.504 e. The fourth-order valence-corrected chi connectivity index (χ4v) is 1.24. The average Bonchev–Trinajstić information content (AvgIpc) is 2.19. The normalized spacial score (nSPS) is 9.86. The summed E-state index contributed by atoms with van der Waals surface area (Å²) in [6, 6.07) is 2.88. The van der Waals surface area contributed by atoms with Crippen LogP contribution in [0.5, 0.6) is 11.5 Å². The molecular weight excluding hydrogens is 184 g/mol. The van der Waals surface area contributed by atoms with E-state index >= 15 is 0 Å². The second-order valence-corrected chi connectivity index (χ2v) is 2.81. The van der Waals surface area contributed by atoms with Crippen molar-refractivity contribution in [3.8, 4) is 11.5 Å². The van der Waals surface area contributed by atoms with E-state index in [0.717, 1.165) is 0 Å². The Morgan fingerprint density at radius 3 is 2.71 bits per heavy atom. The molecule has 0 aromatic heterocycles. The van der Waals surface area contributed by atoms with Gasteiger partial charge in [0.05, 0.1) is 7.11 Å². The van der Waals surface area contributed by atoms with Gasteiger partial charge in [-0.2, -0.15) is 0 Å². The number of phenolic OH excluding ortho intramolecular Hbond substituents is 1. The van der Waals surface area contributed by atoms with Crippen molar-refractivity contribution in [1.82, 2.24) is 0 Å². The maximum Gasteiger partial charge on any atom is 0.161 e. The maximum absolute atomic E-state index is 10.7. The monoisotopic (exact) mass is 196 g/mol. The van der Waals surface area contributed by atoms with Gasteiger partial charge in [-0.25, -0.2) is 0 Å².